The summed E-state index contributed by atoms with van der Waals surface area (Å²) in [6.45, 7) is 1.71. The fourth-order valence-electron chi connectivity index (χ4n) is 3.34. The Bertz CT molecular complexity index is 446. The Labute approximate surface area is 117 Å². The first-order valence-corrected chi connectivity index (χ1v) is 7.34. The van der Waals surface area contributed by atoms with Crippen molar-refractivity contribution in [1.29, 1.82) is 0 Å². The Morgan fingerprint density at radius 3 is 2.60 bits per heavy atom. The van der Waals surface area contributed by atoms with Gasteiger partial charge in [0.05, 0.1) is 5.92 Å². The highest BCUT2D eigenvalue weighted by atomic mass is 16.4. The highest BCUT2D eigenvalue weighted by Gasteiger charge is 2.43. The van der Waals surface area contributed by atoms with Crippen LogP contribution in [0.5, 0.6) is 0 Å². The number of hydrogen-bond donors (Lipinski definition) is 1. The predicted octanol–water partition coefficient (Wildman–Crippen LogP) is 0.320. The molecule has 0 radical (unpaired) electrons. The van der Waals surface area contributed by atoms with Crippen molar-refractivity contribution in [2.45, 2.75) is 38.1 Å². The van der Waals surface area contributed by atoms with Crippen molar-refractivity contribution in [3.05, 3.63) is 0 Å². The van der Waals surface area contributed by atoms with Gasteiger partial charge in [-0.3, -0.25) is 14.4 Å². The van der Waals surface area contributed by atoms with E-state index in [1.54, 1.807) is 4.90 Å². The van der Waals surface area contributed by atoms with E-state index < -0.39 is 5.97 Å². The first-order chi connectivity index (χ1) is 9.54. The lowest BCUT2D eigenvalue weighted by molar-refractivity contribution is -0.139. The molecule has 2 aliphatic heterocycles. The zero-order chi connectivity index (χ0) is 14.3. The van der Waals surface area contributed by atoms with Crippen LogP contribution in [0.15, 0.2) is 0 Å². The fraction of sp³-hybridized carbons (Fsp3) is 0.786. The highest BCUT2D eigenvalue weighted by molar-refractivity contribution is 5.89. The second kappa shape index (κ2) is 5.07. The summed E-state index contributed by atoms with van der Waals surface area (Å²) in [5.74, 6) is -0.818. The monoisotopic (exact) mass is 280 g/mol. The molecule has 0 aromatic carbocycles. The molecule has 3 rings (SSSR count). The molecule has 2 saturated heterocycles. The summed E-state index contributed by atoms with van der Waals surface area (Å²) in [5, 5.41) is 8.79. The molecule has 3 aliphatic rings. The van der Waals surface area contributed by atoms with Crippen LogP contribution in [0.3, 0.4) is 0 Å². The Kier molecular flexibility index (Phi) is 3.40. The number of carboxylic acids is 1. The molecule has 6 heteroatoms. The number of nitrogens with zero attached hydrogens (tertiary/aromatic N) is 2. The summed E-state index contributed by atoms with van der Waals surface area (Å²) in [7, 11) is 0. The van der Waals surface area contributed by atoms with Gasteiger partial charge in [0.25, 0.3) is 0 Å². The maximum Gasteiger partial charge on any atom is 0.303 e. The molecule has 2 unspecified atom stereocenters. The van der Waals surface area contributed by atoms with Gasteiger partial charge in [0.2, 0.25) is 11.8 Å². The molecule has 2 atom stereocenters. The Morgan fingerprint density at radius 1 is 1.20 bits per heavy atom. The van der Waals surface area contributed by atoms with Crippen molar-refractivity contribution in [3.8, 4) is 0 Å². The summed E-state index contributed by atoms with van der Waals surface area (Å²) < 4.78 is 0. The molecule has 1 aliphatic carbocycles. The van der Waals surface area contributed by atoms with Gasteiger partial charge in [-0.2, -0.15) is 0 Å². The van der Waals surface area contributed by atoms with Gasteiger partial charge in [0.1, 0.15) is 0 Å². The molecule has 0 bridgehead atoms. The van der Waals surface area contributed by atoms with Gasteiger partial charge in [-0.1, -0.05) is 0 Å². The summed E-state index contributed by atoms with van der Waals surface area (Å²) in [6, 6.07) is 0.374. The first kappa shape index (κ1) is 13.4. The second-order valence-electron chi connectivity index (χ2n) is 6.22. The molecule has 2 amide bonds. The van der Waals surface area contributed by atoms with E-state index in [0.717, 1.165) is 19.3 Å². The molecule has 3 fully saturated rings. The maximum absolute atomic E-state index is 12.4. The van der Waals surface area contributed by atoms with Crippen molar-refractivity contribution in [3.63, 3.8) is 0 Å². The summed E-state index contributed by atoms with van der Waals surface area (Å²) in [6.07, 6.45) is 3.34. The minimum Gasteiger partial charge on any atom is -0.481 e. The molecule has 1 saturated carbocycles. The van der Waals surface area contributed by atoms with Gasteiger partial charge in [-0.05, 0) is 25.2 Å². The maximum atomic E-state index is 12.4. The van der Waals surface area contributed by atoms with Crippen molar-refractivity contribution in [2.75, 3.05) is 19.6 Å². The van der Waals surface area contributed by atoms with E-state index in [9.17, 15) is 14.4 Å². The normalized spacial score (nSPS) is 30.1. The van der Waals surface area contributed by atoms with Crippen molar-refractivity contribution >= 4 is 17.8 Å². The molecule has 110 valence electrons. The number of carboxylic acid groups (broad SMARTS) is 1. The third-order valence-corrected chi connectivity index (χ3v) is 4.56. The van der Waals surface area contributed by atoms with Gasteiger partial charge in [0, 0.05) is 38.5 Å². The molecular weight excluding hydrogens is 260 g/mol. The SMILES string of the molecule is O=C(O)CC1CCN(C(=O)C2CC(=O)N(C3CC3)C2)C1. The number of carbonyl (C=O) groups is 3. The molecule has 20 heavy (non-hydrogen) atoms. The molecule has 0 spiro atoms. The molecular formula is C14H20N2O4. The van der Waals surface area contributed by atoms with E-state index in [0.29, 0.717) is 32.1 Å². The lowest BCUT2D eigenvalue weighted by Crippen LogP contribution is -2.36. The van der Waals surface area contributed by atoms with Crippen molar-refractivity contribution in [2.24, 2.45) is 11.8 Å². The molecule has 2 heterocycles. The lowest BCUT2D eigenvalue weighted by Gasteiger charge is -2.21. The Morgan fingerprint density at radius 2 is 1.95 bits per heavy atom. The number of amides is 2. The lowest BCUT2D eigenvalue weighted by atomic mass is 10.1. The summed E-state index contributed by atoms with van der Waals surface area (Å²) in [4.78, 5) is 38.6. The zero-order valence-corrected chi connectivity index (χ0v) is 11.5. The van der Waals surface area contributed by atoms with Gasteiger partial charge in [-0.25, -0.2) is 0 Å². The van der Waals surface area contributed by atoms with E-state index in [2.05, 4.69) is 0 Å². The van der Waals surface area contributed by atoms with Crippen LogP contribution in [0.2, 0.25) is 0 Å². The number of carbonyl (C=O) groups excluding carboxylic acids is 2. The molecule has 6 nitrogen and oxygen atoms in total. The van der Waals surface area contributed by atoms with Crippen LogP contribution in [-0.2, 0) is 14.4 Å². The van der Waals surface area contributed by atoms with Crippen LogP contribution in [0.1, 0.15) is 32.1 Å². The number of rotatable bonds is 4. The third kappa shape index (κ3) is 2.64. The van der Waals surface area contributed by atoms with Gasteiger partial charge in [0.15, 0.2) is 0 Å². The fourth-order valence-corrected chi connectivity index (χ4v) is 3.34. The van der Waals surface area contributed by atoms with Crippen LogP contribution in [0.25, 0.3) is 0 Å². The highest BCUT2D eigenvalue weighted by Crippen LogP contribution is 2.33. The third-order valence-electron chi connectivity index (χ3n) is 4.56. The Hall–Kier alpha value is -1.59. The minimum absolute atomic E-state index is 0.0365. The van der Waals surface area contributed by atoms with Crippen LogP contribution < -0.4 is 0 Å². The first-order valence-electron chi connectivity index (χ1n) is 7.34. The standard InChI is InChI=1S/C14H20N2O4/c17-12-6-10(8-16(12)11-1-2-11)14(20)15-4-3-9(7-15)5-13(18)19/h9-11H,1-8H2,(H,18,19). The van der Waals surface area contributed by atoms with Crippen molar-refractivity contribution < 1.29 is 19.5 Å². The summed E-state index contributed by atoms with van der Waals surface area (Å²) in [5.41, 5.74) is 0. The second-order valence-corrected chi connectivity index (χ2v) is 6.22. The quantitative estimate of drug-likeness (QED) is 0.804. The molecule has 1 N–H and O–H groups in total. The molecule has 0 aromatic heterocycles. The topological polar surface area (TPSA) is 77.9 Å². The van der Waals surface area contributed by atoms with Gasteiger partial charge < -0.3 is 14.9 Å². The average Bonchev–Trinajstić information content (AvgIpc) is 3.00. The van der Waals surface area contributed by atoms with E-state index in [1.807, 2.05) is 4.90 Å². The molecule has 0 aromatic rings. The van der Waals surface area contributed by atoms with E-state index >= 15 is 0 Å². The van der Waals surface area contributed by atoms with Crippen LogP contribution in [0, 0.1) is 11.8 Å². The average molecular weight is 280 g/mol. The minimum atomic E-state index is -0.805. The van der Waals surface area contributed by atoms with Gasteiger partial charge in [-0.15, -0.1) is 0 Å². The van der Waals surface area contributed by atoms with E-state index in [4.69, 9.17) is 5.11 Å². The smallest absolute Gasteiger partial charge is 0.303 e. The van der Waals surface area contributed by atoms with Crippen molar-refractivity contribution in [1.82, 2.24) is 9.80 Å². The van der Waals surface area contributed by atoms with Crippen LogP contribution >= 0.6 is 0 Å². The van der Waals surface area contributed by atoms with Crippen LogP contribution in [-0.4, -0.2) is 58.4 Å². The predicted molar refractivity (Wildman–Crippen MR) is 69.8 cm³/mol. The number of aliphatic carboxylic acids is 1. The Balaban J connectivity index is 1.54. The van der Waals surface area contributed by atoms with Gasteiger partial charge >= 0.3 is 5.97 Å². The van der Waals surface area contributed by atoms with Crippen LogP contribution in [0.4, 0.5) is 0 Å². The zero-order valence-electron chi connectivity index (χ0n) is 11.5. The number of likely N-dealkylation sites (tertiary alicyclic amines) is 2. The number of hydrogen-bond acceptors (Lipinski definition) is 3. The largest absolute Gasteiger partial charge is 0.481 e. The van der Waals surface area contributed by atoms with E-state index in [-0.39, 0.29) is 30.1 Å². The van der Waals surface area contributed by atoms with E-state index in [1.165, 1.54) is 0 Å². The summed E-state index contributed by atoms with van der Waals surface area (Å²) >= 11 is 0.